The molecule has 0 aliphatic carbocycles. The minimum Gasteiger partial charge on any atom is -0.489 e. The van der Waals surface area contributed by atoms with Crippen molar-refractivity contribution in [1.29, 1.82) is 0 Å². The van der Waals surface area contributed by atoms with Crippen molar-refractivity contribution in [3.05, 3.63) is 59.9 Å². The van der Waals surface area contributed by atoms with Crippen LogP contribution < -0.4 is 20.9 Å². The van der Waals surface area contributed by atoms with Crippen molar-refractivity contribution in [2.24, 2.45) is 5.73 Å². The lowest BCUT2D eigenvalue weighted by Gasteiger charge is -2.23. The quantitative estimate of drug-likeness (QED) is 0.590. The third-order valence-electron chi connectivity index (χ3n) is 3.21. The highest BCUT2D eigenvalue weighted by atomic mass is 19.1. The first-order valence-electron chi connectivity index (χ1n) is 7.35. The fourth-order valence-electron chi connectivity index (χ4n) is 2.01. The Kier molecular flexibility index (Phi) is 6.16. The summed E-state index contributed by atoms with van der Waals surface area (Å²) in [5, 5.41) is 1.25. The van der Waals surface area contributed by atoms with Gasteiger partial charge in [-0.05, 0) is 29.8 Å². The van der Waals surface area contributed by atoms with Crippen molar-refractivity contribution in [2.45, 2.75) is 6.61 Å². The number of carbonyl (C=O) groups excluding carboxylic acids is 2. The van der Waals surface area contributed by atoms with E-state index in [4.69, 9.17) is 10.5 Å². The van der Waals surface area contributed by atoms with Crippen LogP contribution in [0.5, 0.6) is 5.75 Å². The number of hydrogen-bond acceptors (Lipinski definition) is 5. The Morgan fingerprint density at radius 3 is 2.56 bits per heavy atom. The van der Waals surface area contributed by atoms with Crippen LogP contribution in [0.2, 0.25) is 0 Å². The minimum atomic E-state index is -0.818. The molecule has 2 rings (SSSR count). The molecule has 7 nitrogen and oxygen atoms in total. The van der Waals surface area contributed by atoms with Gasteiger partial charge in [-0.2, -0.15) is 0 Å². The second-order valence-corrected chi connectivity index (χ2v) is 5.05. The zero-order valence-corrected chi connectivity index (χ0v) is 13.6. The number of rotatable bonds is 7. The topological polar surface area (TPSA) is 93.9 Å². The van der Waals surface area contributed by atoms with E-state index in [1.165, 1.54) is 24.3 Å². The van der Waals surface area contributed by atoms with E-state index < -0.39 is 12.0 Å². The second-order valence-electron chi connectivity index (χ2n) is 5.05. The second kappa shape index (κ2) is 8.53. The number of urea groups is 1. The Labute approximate surface area is 144 Å². The molecule has 8 heteroatoms. The fraction of sp³-hybridized carbons (Fsp3) is 0.176. The summed E-state index contributed by atoms with van der Waals surface area (Å²) < 4.78 is 23.1. The van der Waals surface area contributed by atoms with E-state index in [1.807, 2.05) is 0 Å². The summed E-state index contributed by atoms with van der Waals surface area (Å²) in [4.78, 5) is 22.6. The maximum Gasteiger partial charge on any atom is 0.330 e. The number of esters is 1. The van der Waals surface area contributed by atoms with E-state index in [9.17, 15) is 14.0 Å². The molecule has 0 bridgehead atoms. The zero-order chi connectivity index (χ0) is 18.2. The van der Waals surface area contributed by atoms with E-state index in [2.05, 4.69) is 10.2 Å². The lowest BCUT2D eigenvalue weighted by molar-refractivity contribution is -0.139. The van der Waals surface area contributed by atoms with Crippen LogP contribution in [0, 0.1) is 5.82 Å². The van der Waals surface area contributed by atoms with Gasteiger partial charge in [0.15, 0.2) is 0 Å². The molecule has 2 amide bonds. The lowest BCUT2D eigenvalue weighted by Crippen LogP contribution is -2.47. The maximum absolute atomic E-state index is 12.9. The number of nitrogens with zero attached hydrogens (tertiary/aromatic N) is 1. The van der Waals surface area contributed by atoms with Gasteiger partial charge >= 0.3 is 12.0 Å². The number of nitrogens with two attached hydrogens (primary N) is 1. The number of hydrazine groups is 1. The average Bonchev–Trinajstić information content (AvgIpc) is 2.60. The molecule has 0 unspecified atom stereocenters. The lowest BCUT2D eigenvalue weighted by atomic mass is 10.2. The van der Waals surface area contributed by atoms with Gasteiger partial charge in [-0.1, -0.05) is 18.2 Å². The van der Waals surface area contributed by atoms with Crippen LogP contribution in [0.25, 0.3) is 0 Å². The van der Waals surface area contributed by atoms with Crippen molar-refractivity contribution < 1.29 is 23.5 Å². The van der Waals surface area contributed by atoms with Crippen LogP contribution in [0.15, 0.2) is 48.5 Å². The third kappa shape index (κ3) is 5.69. The SMILES string of the molecule is COC(=O)CN(NC(N)=O)c1cccc(OCc2ccc(F)cc2)c1. The van der Waals surface area contributed by atoms with E-state index in [0.29, 0.717) is 11.4 Å². The number of primary amides is 1. The molecule has 0 aromatic heterocycles. The van der Waals surface area contributed by atoms with Crippen LogP contribution in [-0.2, 0) is 16.1 Å². The predicted octanol–water partition coefficient (Wildman–Crippen LogP) is 1.97. The monoisotopic (exact) mass is 347 g/mol. The first kappa shape index (κ1) is 18.1. The van der Waals surface area contributed by atoms with Crippen molar-refractivity contribution in [3.63, 3.8) is 0 Å². The molecule has 2 aromatic carbocycles. The van der Waals surface area contributed by atoms with Crippen LogP contribution in [0.3, 0.4) is 0 Å². The molecule has 2 aromatic rings. The van der Waals surface area contributed by atoms with Gasteiger partial charge in [0.1, 0.15) is 24.7 Å². The Morgan fingerprint density at radius 2 is 1.92 bits per heavy atom. The molecule has 0 atom stereocenters. The summed E-state index contributed by atoms with van der Waals surface area (Å²) in [5.74, 6) is -0.365. The molecule has 25 heavy (non-hydrogen) atoms. The Morgan fingerprint density at radius 1 is 1.20 bits per heavy atom. The number of ether oxygens (including phenoxy) is 2. The Bertz CT molecular complexity index is 737. The number of benzene rings is 2. The van der Waals surface area contributed by atoms with Crippen LogP contribution in [-0.4, -0.2) is 25.7 Å². The Hall–Kier alpha value is -3.29. The van der Waals surface area contributed by atoms with Crippen LogP contribution >= 0.6 is 0 Å². The third-order valence-corrected chi connectivity index (χ3v) is 3.21. The summed E-state index contributed by atoms with van der Waals surface area (Å²) in [6.45, 7) is 0.0187. The van der Waals surface area contributed by atoms with Gasteiger partial charge in [0, 0.05) is 6.07 Å². The van der Waals surface area contributed by atoms with Crippen LogP contribution in [0.4, 0.5) is 14.9 Å². The maximum atomic E-state index is 12.9. The number of halogens is 1. The van der Waals surface area contributed by atoms with Crippen molar-refractivity contribution >= 4 is 17.7 Å². The van der Waals surface area contributed by atoms with Gasteiger partial charge < -0.3 is 15.2 Å². The Balaban J connectivity index is 2.09. The number of amides is 2. The number of carbonyl (C=O) groups is 2. The molecule has 0 radical (unpaired) electrons. The molecular weight excluding hydrogens is 329 g/mol. The van der Waals surface area contributed by atoms with Gasteiger partial charge in [0.2, 0.25) is 0 Å². The number of anilines is 1. The molecule has 0 aliphatic rings. The first-order valence-corrected chi connectivity index (χ1v) is 7.35. The smallest absolute Gasteiger partial charge is 0.330 e. The number of nitrogens with one attached hydrogen (secondary N) is 1. The predicted molar refractivity (Wildman–Crippen MR) is 89.3 cm³/mol. The normalized spacial score (nSPS) is 10.0. The van der Waals surface area contributed by atoms with E-state index in [-0.39, 0.29) is 19.0 Å². The van der Waals surface area contributed by atoms with Crippen LogP contribution in [0.1, 0.15) is 5.56 Å². The molecule has 0 aliphatic heterocycles. The molecule has 0 spiro atoms. The molecular formula is C17H18FN3O4. The van der Waals surface area contributed by atoms with Crippen molar-refractivity contribution in [2.75, 3.05) is 18.7 Å². The van der Waals surface area contributed by atoms with E-state index in [1.54, 1.807) is 36.4 Å². The van der Waals surface area contributed by atoms with E-state index >= 15 is 0 Å². The van der Waals surface area contributed by atoms with Gasteiger partial charge in [-0.15, -0.1) is 0 Å². The summed E-state index contributed by atoms with van der Waals surface area (Å²) in [7, 11) is 1.24. The highest BCUT2D eigenvalue weighted by molar-refractivity contribution is 5.79. The van der Waals surface area contributed by atoms with E-state index in [0.717, 1.165) is 5.56 Å². The van der Waals surface area contributed by atoms with Crippen molar-refractivity contribution in [1.82, 2.24) is 5.43 Å². The number of hydrogen-bond donors (Lipinski definition) is 2. The molecule has 132 valence electrons. The van der Waals surface area contributed by atoms with Gasteiger partial charge in [-0.3, -0.25) is 9.80 Å². The van der Waals surface area contributed by atoms with Crippen molar-refractivity contribution in [3.8, 4) is 5.75 Å². The summed E-state index contributed by atoms with van der Waals surface area (Å²) in [6, 6.07) is 11.8. The first-order chi connectivity index (χ1) is 12.0. The molecule has 0 heterocycles. The standard InChI is InChI=1S/C17H18FN3O4/c1-24-16(22)10-21(20-17(19)23)14-3-2-4-15(9-14)25-11-12-5-7-13(18)8-6-12/h2-9H,10-11H2,1H3,(H3,19,20,23). The van der Waals surface area contributed by atoms with Gasteiger partial charge in [0.05, 0.1) is 12.8 Å². The molecule has 0 fully saturated rings. The molecule has 0 saturated heterocycles. The zero-order valence-electron chi connectivity index (χ0n) is 13.6. The van der Waals surface area contributed by atoms with Gasteiger partial charge in [-0.25, -0.2) is 14.6 Å². The minimum absolute atomic E-state index is 0.221. The van der Waals surface area contributed by atoms with Gasteiger partial charge in [0.25, 0.3) is 0 Å². The summed E-state index contributed by atoms with van der Waals surface area (Å²) >= 11 is 0. The molecule has 0 saturated carbocycles. The average molecular weight is 347 g/mol. The summed E-state index contributed by atoms with van der Waals surface area (Å²) in [5.41, 5.74) is 8.76. The number of methoxy groups -OCH3 is 1. The largest absolute Gasteiger partial charge is 0.489 e. The fourth-order valence-corrected chi connectivity index (χ4v) is 2.01. The highest BCUT2D eigenvalue weighted by Gasteiger charge is 2.14. The summed E-state index contributed by atoms with van der Waals surface area (Å²) in [6.07, 6.45) is 0. The molecule has 3 N–H and O–H groups in total. The highest BCUT2D eigenvalue weighted by Crippen LogP contribution is 2.21.